The van der Waals surface area contributed by atoms with Crippen molar-refractivity contribution < 1.29 is 4.79 Å². The van der Waals surface area contributed by atoms with Crippen molar-refractivity contribution in [3.8, 4) is 6.07 Å². The lowest BCUT2D eigenvalue weighted by atomic mass is 9.76. The maximum atomic E-state index is 11.6. The van der Waals surface area contributed by atoms with Crippen molar-refractivity contribution in [1.82, 2.24) is 4.90 Å². The molecule has 0 unspecified atom stereocenters. The number of carbonyl (C=O) groups is 1. The van der Waals surface area contributed by atoms with Crippen LogP contribution in [0.2, 0.25) is 0 Å². The Hall–Kier alpha value is -1.08. The van der Waals surface area contributed by atoms with Crippen LogP contribution in [0.4, 0.5) is 0 Å². The Bertz CT molecular complexity index is 240. The van der Waals surface area contributed by atoms with E-state index in [0.29, 0.717) is 13.0 Å². The molecule has 0 aromatic carbocycles. The Morgan fingerprint density at radius 1 is 1.69 bits per heavy atom. The summed E-state index contributed by atoms with van der Waals surface area (Å²) >= 11 is 0. The van der Waals surface area contributed by atoms with Crippen LogP contribution in [0.15, 0.2) is 0 Å². The highest BCUT2D eigenvalue weighted by Crippen LogP contribution is 2.30. The molecular formula is C9H15N3O. The molecule has 1 amide bonds. The lowest BCUT2D eigenvalue weighted by Crippen LogP contribution is -2.58. The first-order chi connectivity index (χ1) is 6.10. The Morgan fingerprint density at radius 2 is 2.31 bits per heavy atom. The average molecular weight is 181 g/mol. The summed E-state index contributed by atoms with van der Waals surface area (Å²) in [6.07, 6.45) is 2.97. The van der Waals surface area contributed by atoms with Gasteiger partial charge in [-0.25, -0.2) is 0 Å². The third-order valence-corrected chi connectivity index (χ3v) is 2.58. The molecule has 0 atom stereocenters. The van der Waals surface area contributed by atoms with E-state index in [1.54, 1.807) is 11.9 Å². The SMILES string of the molecule is CN(CCC#N)C(=O)C1(N)CCC1. The van der Waals surface area contributed by atoms with Gasteiger partial charge in [-0.15, -0.1) is 0 Å². The molecular weight excluding hydrogens is 166 g/mol. The first-order valence-electron chi connectivity index (χ1n) is 4.51. The van der Waals surface area contributed by atoms with Crippen molar-refractivity contribution in [3.05, 3.63) is 0 Å². The fourth-order valence-corrected chi connectivity index (χ4v) is 1.47. The normalized spacial score (nSPS) is 18.5. The summed E-state index contributed by atoms with van der Waals surface area (Å²) < 4.78 is 0. The van der Waals surface area contributed by atoms with Gasteiger partial charge in [-0.1, -0.05) is 0 Å². The van der Waals surface area contributed by atoms with Crippen LogP contribution >= 0.6 is 0 Å². The summed E-state index contributed by atoms with van der Waals surface area (Å²) in [6.45, 7) is 0.480. The van der Waals surface area contributed by atoms with Crippen molar-refractivity contribution >= 4 is 5.91 Å². The van der Waals surface area contributed by atoms with Crippen molar-refractivity contribution in [1.29, 1.82) is 5.26 Å². The third kappa shape index (κ3) is 1.99. The van der Waals surface area contributed by atoms with E-state index in [4.69, 9.17) is 11.0 Å². The number of carbonyl (C=O) groups excluding carboxylic acids is 1. The fourth-order valence-electron chi connectivity index (χ4n) is 1.47. The van der Waals surface area contributed by atoms with Gasteiger partial charge in [0.2, 0.25) is 5.91 Å². The van der Waals surface area contributed by atoms with Gasteiger partial charge in [0.25, 0.3) is 0 Å². The molecule has 0 heterocycles. The highest BCUT2D eigenvalue weighted by atomic mass is 16.2. The van der Waals surface area contributed by atoms with E-state index in [9.17, 15) is 4.79 Å². The Morgan fingerprint density at radius 3 is 2.69 bits per heavy atom. The number of hydrogen-bond acceptors (Lipinski definition) is 3. The van der Waals surface area contributed by atoms with Crippen LogP contribution in [0, 0.1) is 11.3 Å². The van der Waals surface area contributed by atoms with Gasteiger partial charge in [-0.3, -0.25) is 4.79 Å². The molecule has 4 nitrogen and oxygen atoms in total. The van der Waals surface area contributed by atoms with E-state index in [1.807, 2.05) is 6.07 Å². The van der Waals surface area contributed by atoms with Gasteiger partial charge in [-0.2, -0.15) is 5.26 Å². The minimum atomic E-state index is -0.621. The monoisotopic (exact) mass is 181 g/mol. The topological polar surface area (TPSA) is 70.1 Å². The van der Waals surface area contributed by atoms with Crippen LogP contribution < -0.4 is 5.73 Å². The number of nitriles is 1. The minimum absolute atomic E-state index is 0.0194. The molecule has 0 radical (unpaired) electrons. The largest absolute Gasteiger partial charge is 0.343 e. The van der Waals surface area contributed by atoms with Gasteiger partial charge in [0, 0.05) is 13.6 Å². The summed E-state index contributed by atoms with van der Waals surface area (Å²) in [5.41, 5.74) is 5.22. The van der Waals surface area contributed by atoms with Gasteiger partial charge in [-0.05, 0) is 19.3 Å². The maximum absolute atomic E-state index is 11.6. The number of rotatable bonds is 3. The van der Waals surface area contributed by atoms with Crippen LogP contribution in [-0.2, 0) is 4.79 Å². The number of likely N-dealkylation sites (N-methyl/N-ethyl adjacent to an activating group) is 1. The first kappa shape index (κ1) is 10.0. The zero-order valence-corrected chi connectivity index (χ0v) is 7.92. The third-order valence-electron chi connectivity index (χ3n) is 2.58. The Balaban J connectivity index is 2.43. The molecule has 0 aliphatic heterocycles. The molecule has 0 aromatic rings. The molecule has 13 heavy (non-hydrogen) atoms. The number of hydrogen-bond donors (Lipinski definition) is 1. The molecule has 0 saturated heterocycles. The Labute approximate surface area is 78.3 Å². The smallest absolute Gasteiger partial charge is 0.242 e. The summed E-state index contributed by atoms with van der Waals surface area (Å²) in [6, 6.07) is 2.01. The van der Waals surface area contributed by atoms with Gasteiger partial charge in [0.15, 0.2) is 0 Å². The molecule has 2 N–H and O–H groups in total. The molecule has 0 spiro atoms. The quantitative estimate of drug-likeness (QED) is 0.678. The predicted octanol–water partition coefficient (Wildman–Crippen LogP) is 0.240. The van der Waals surface area contributed by atoms with Crippen LogP contribution in [-0.4, -0.2) is 29.9 Å². The highest BCUT2D eigenvalue weighted by molar-refractivity contribution is 5.86. The van der Waals surface area contributed by atoms with Crippen molar-refractivity contribution in [2.75, 3.05) is 13.6 Å². The summed E-state index contributed by atoms with van der Waals surface area (Å²) in [5, 5.41) is 8.35. The standard InChI is InChI=1S/C9H15N3O/c1-12(7-3-6-10)8(13)9(11)4-2-5-9/h2-5,7,11H2,1H3. The zero-order chi connectivity index (χ0) is 9.90. The van der Waals surface area contributed by atoms with E-state index in [0.717, 1.165) is 19.3 Å². The van der Waals surface area contributed by atoms with Gasteiger partial charge < -0.3 is 10.6 Å². The number of nitrogens with two attached hydrogens (primary N) is 1. The number of nitrogens with zero attached hydrogens (tertiary/aromatic N) is 2. The summed E-state index contributed by atoms with van der Waals surface area (Å²) in [4.78, 5) is 13.2. The number of amides is 1. The van der Waals surface area contributed by atoms with E-state index < -0.39 is 5.54 Å². The van der Waals surface area contributed by atoms with Crippen LogP contribution in [0.5, 0.6) is 0 Å². The molecule has 1 aliphatic rings. The minimum Gasteiger partial charge on any atom is -0.343 e. The average Bonchev–Trinajstić information content (AvgIpc) is 2.09. The van der Waals surface area contributed by atoms with Crippen molar-refractivity contribution in [3.63, 3.8) is 0 Å². The molecule has 4 heteroatoms. The second-order valence-corrected chi connectivity index (χ2v) is 3.64. The highest BCUT2D eigenvalue weighted by Gasteiger charge is 2.41. The van der Waals surface area contributed by atoms with Crippen molar-refractivity contribution in [2.24, 2.45) is 5.73 Å². The zero-order valence-electron chi connectivity index (χ0n) is 7.92. The van der Waals surface area contributed by atoms with Gasteiger partial charge in [0.1, 0.15) is 0 Å². The van der Waals surface area contributed by atoms with Gasteiger partial charge in [0.05, 0.1) is 18.0 Å². The maximum Gasteiger partial charge on any atom is 0.242 e. The molecule has 1 aliphatic carbocycles. The fraction of sp³-hybridized carbons (Fsp3) is 0.778. The predicted molar refractivity (Wildman–Crippen MR) is 48.6 cm³/mol. The van der Waals surface area contributed by atoms with Crippen LogP contribution in [0.25, 0.3) is 0 Å². The van der Waals surface area contributed by atoms with E-state index >= 15 is 0 Å². The second-order valence-electron chi connectivity index (χ2n) is 3.64. The summed E-state index contributed by atoms with van der Waals surface area (Å²) in [5.74, 6) is -0.0194. The van der Waals surface area contributed by atoms with E-state index in [-0.39, 0.29) is 5.91 Å². The van der Waals surface area contributed by atoms with Gasteiger partial charge >= 0.3 is 0 Å². The van der Waals surface area contributed by atoms with Crippen molar-refractivity contribution in [2.45, 2.75) is 31.2 Å². The second kappa shape index (κ2) is 3.75. The molecule has 0 bridgehead atoms. The molecule has 0 aromatic heterocycles. The first-order valence-corrected chi connectivity index (χ1v) is 4.51. The van der Waals surface area contributed by atoms with E-state index in [1.165, 1.54) is 0 Å². The van der Waals surface area contributed by atoms with Crippen LogP contribution in [0.1, 0.15) is 25.7 Å². The lowest BCUT2D eigenvalue weighted by molar-refractivity contribution is -0.138. The molecule has 72 valence electrons. The van der Waals surface area contributed by atoms with Crippen LogP contribution in [0.3, 0.4) is 0 Å². The molecule has 1 fully saturated rings. The Kier molecular flexibility index (Phi) is 2.89. The molecule has 1 saturated carbocycles. The molecule has 1 rings (SSSR count). The lowest BCUT2D eigenvalue weighted by Gasteiger charge is -2.39. The van der Waals surface area contributed by atoms with E-state index in [2.05, 4.69) is 0 Å². The summed E-state index contributed by atoms with van der Waals surface area (Å²) in [7, 11) is 1.70.